The normalized spacial score (nSPS) is 11.3. The van der Waals surface area contributed by atoms with Crippen molar-refractivity contribution in [3.63, 3.8) is 0 Å². The molecule has 0 spiro atoms. The van der Waals surface area contributed by atoms with Crippen LogP contribution in [-0.4, -0.2) is 45.6 Å². The van der Waals surface area contributed by atoms with Gasteiger partial charge in [0.15, 0.2) is 11.5 Å². The number of sulfonamides is 1. The quantitative estimate of drug-likeness (QED) is 0.371. The number of imidazole rings is 1. The van der Waals surface area contributed by atoms with Crippen molar-refractivity contribution >= 4 is 38.3 Å². The van der Waals surface area contributed by atoms with Crippen molar-refractivity contribution in [1.29, 1.82) is 0 Å². The van der Waals surface area contributed by atoms with E-state index < -0.39 is 21.6 Å². The van der Waals surface area contributed by atoms with E-state index in [9.17, 15) is 18.0 Å². The Bertz CT molecular complexity index is 1540. The number of H-pyrrole nitrogens is 2. The molecule has 1 heterocycles. The second kappa shape index (κ2) is 8.94. The van der Waals surface area contributed by atoms with Crippen molar-refractivity contribution in [2.45, 2.75) is 4.90 Å². The Morgan fingerprint density at radius 2 is 1.62 bits per heavy atom. The smallest absolute Gasteiger partial charge is 0.323 e. The van der Waals surface area contributed by atoms with Gasteiger partial charge in [-0.1, -0.05) is 12.1 Å². The molecular formula is C23H22N4O6S. The predicted octanol–water partition coefficient (Wildman–Crippen LogP) is 2.95. The van der Waals surface area contributed by atoms with Crippen LogP contribution in [-0.2, 0) is 10.0 Å². The van der Waals surface area contributed by atoms with Crippen LogP contribution >= 0.6 is 0 Å². The van der Waals surface area contributed by atoms with Crippen molar-refractivity contribution in [3.8, 4) is 11.5 Å². The molecule has 1 aromatic heterocycles. The van der Waals surface area contributed by atoms with Gasteiger partial charge in [0.2, 0.25) is 0 Å². The second-order valence-corrected chi connectivity index (χ2v) is 9.02. The lowest BCUT2D eigenvalue weighted by atomic mass is 10.1. The van der Waals surface area contributed by atoms with Gasteiger partial charge in [-0.25, -0.2) is 13.2 Å². The number of hydrogen-bond donors (Lipinski definition) is 3. The average Bonchev–Trinajstić information content (AvgIpc) is 3.22. The Kier molecular flexibility index (Phi) is 6.03. The molecule has 0 aliphatic rings. The summed E-state index contributed by atoms with van der Waals surface area (Å²) >= 11 is 0. The lowest BCUT2D eigenvalue weighted by Crippen LogP contribution is -2.27. The molecule has 0 aliphatic carbocycles. The van der Waals surface area contributed by atoms with Gasteiger partial charge in [-0.05, 0) is 42.5 Å². The van der Waals surface area contributed by atoms with Crippen LogP contribution in [0.15, 0.2) is 70.4 Å². The van der Waals surface area contributed by atoms with Crippen LogP contribution in [0.2, 0.25) is 0 Å². The largest absolute Gasteiger partial charge is 0.493 e. The summed E-state index contributed by atoms with van der Waals surface area (Å²) in [6.07, 6.45) is 0. The molecule has 0 aliphatic heterocycles. The standard InChI is InChI=1S/C23H22N4O6S/c1-27(14-8-11-20(32-2)21(12-14)33-3)22(28)16-6-4-5-7-17(16)26-34(30,31)15-9-10-18-19(13-15)25-23(29)24-18/h4-13,26H,1-3H3,(H2,24,25,29). The second-order valence-electron chi connectivity index (χ2n) is 7.34. The van der Waals surface area contributed by atoms with E-state index in [1.165, 1.54) is 49.5 Å². The van der Waals surface area contributed by atoms with E-state index in [1.54, 1.807) is 37.4 Å². The van der Waals surface area contributed by atoms with Gasteiger partial charge in [0, 0.05) is 18.8 Å². The highest BCUT2D eigenvalue weighted by molar-refractivity contribution is 7.92. The first-order chi connectivity index (χ1) is 16.2. The number of fused-ring (bicyclic) bond motifs is 1. The number of carbonyl (C=O) groups is 1. The molecule has 0 bridgehead atoms. The fourth-order valence-corrected chi connectivity index (χ4v) is 4.58. The molecule has 0 saturated carbocycles. The first kappa shape index (κ1) is 22.9. The Balaban J connectivity index is 1.65. The number of nitrogens with zero attached hydrogens (tertiary/aromatic N) is 1. The van der Waals surface area contributed by atoms with E-state index in [1.807, 2.05) is 0 Å². The summed E-state index contributed by atoms with van der Waals surface area (Å²) in [7, 11) is 0.528. The van der Waals surface area contributed by atoms with Crippen molar-refractivity contribution in [2.75, 3.05) is 30.9 Å². The van der Waals surface area contributed by atoms with Crippen LogP contribution in [0.3, 0.4) is 0 Å². The zero-order valence-electron chi connectivity index (χ0n) is 18.6. The van der Waals surface area contributed by atoms with Crippen LogP contribution in [0, 0.1) is 0 Å². The number of para-hydroxylation sites is 1. The third-order valence-electron chi connectivity index (χ3n) is 5.26. The van der Waals surface area contributed by atoms with Crippen LogP contribution in [0.4, 0.5) is 11.4 Å². The van der Waals surface area contributed by atoms with E-state index >= 15 is 0 Å². The number of methoxy groups -OCH3 is 2. The maximum Gasteiger partial charge on any atom is 0.323 e. The Morgan fingerprint density at radius 1 is 0.912 bits per heavy atom. The summed E-state index contributed by atoms with van der Waals surface area (Å²) < 4.78 is 39.1. The molecule has 3 aromatic carbocycles. The fourth-order valence-electron chi connectivity index (χ4n) is 3.47. The van der Waals surface area contributed by atoms with Crippen LogP contribution in [0.5, 0.6) is 11.5 Å². The lowest BCUT2D eigenvalue weighted by molar-refractivity contribution is 0.0994. The summed E-state index contributed by atoms with van der Waals surface area (Å²) in [5, 5.41) is 0. The summed E-state index contributed by atoms with van der Waals surface area (Å²) in [5.74, 6) is 0.531. The molecular weight excluding hydrogens is 460 g/mol. The molecule has 3 N–H and O–H groups in total. The summed E-state index contributed by atoms with van der Waals surface area (Å²) in [6, 6.07) is 15.5. The number of carbonyl (C=O) groups excluding carboxylic acids is 1. The third-order valence-corrected chi connectivity index (χ3v) is 6.62. The zero-order chi connectivity index (χ0) is 24.5. The number of aromatic amines is 2. The average molecular weight is 483 g/mol. The molecule has 0 unspecified atom stereocenters. The number of nitrogens with one attached hydrogen (secondary N) is 3. The molecule has 176 valence electrons. The van der Waals surface area contributed by atoms with Gasteiger partial charge in [0.1, 0.15) is 0 Å². The van der Waals surface area contributed by atoms with Gasteiger partial charge in [0.05, 0.1) is 41.4 Å². The lowest BCUT2D eigenvalue weighted by Gasteiger charge is -2.21. The van der Waals surface area contributed by atoms with E-state index in [0.717, 1.165) is 0 Å². The molecule has 4 rings (SSSR count). The van der Waals surface area contributed by atoms with Gasteiger partial charge in [-0.2, -0.15) is 0 Å². The maximum atomic E-state index is 13.3. The molecule has 10 nitrogen and oxygen atoms in total. The minimum absolute atomic E-state index is 0.0641. The van der Waals surface area contributed by atoms with Crippen LogP contribution < -0.4 is 24.8 Å². The number of ether oxygens (including phenoxy) is 2. The molecule has 34 heavy (non-hydrogen) atoms. The van der Waals surface area contributed by atoms with Gasteiger partial charge in [0.25, 0.3) is 15.9 Å². The third kappa shape index (κ3) is 4.33. The van der Waals surface area contributed by atoms with E-state index in [2.05, 4.69) is 14.7 Å². The number of amides is 1. The molecule has 0 saturated heterocycles. The van der Waals surface area contributed by atoms with Gasteiger partial charge in [-0.15, -0.1) is 0 Å². The minimum Gasteiger partial charge on any atom is -0.493 e. The topological polar surface area (TPSA) is 134 Å². The summed E-state index contributed by atoms with van der Waals surface area (Å²) in [4.78, 5) is 31.2. The number of anilines is 2. The molecule has 4 aromatic rings. The predicted molar refractivity (Wildman–Crippen MR) is 128 cm³/mol. The van der Waals surface area contributed by atoms with Gasteiger partial charge >= 0.3 is 5.69 Å². The Hall–Kier alpha value is -4.25. The van der Waals surface area contributed by atoms with Crippen molar-refractivity contribution in [3.05, 3.63) is 76.7 Å². The molecule has 1 amide bonds. The fraction of sp³-hybridized carbons (Fsp3) is 0.130. The first-order valence-corrected chi connectivity index (χ1v) is 11.6. The number of hydrogen-bond acceptors (Lipinski definition) is 6. The summed E-state index contributed by atoms with van der Waals surface area (Å²) in [5.41, 5.74) is 1.19. The monoisotopic (exact) mass is 482 g/mol. The SMILES string of the molecule is COc1ccc(N(C)C(=O)c2ccccc2NS(=O)(=O)c2ccc3[nH]c(=O)[nH]c3c2)cc1OC. The van der Waals surface area contributed by atoms with E-state index in [4.69, 9.17) is 9.47 Å². The van der Waals surface area contributed by atoms with Crippen LogP contribution in [0.1, 0.15) is 10.4 Å². The number of benzene rings is 3. The number of rotatable bonds is 7. The molecule has 0 radical (unpaired) electrons. The Morgan fingerprint density at radius 3 is 2.35 bits per heavy atom. The highest BCUT2D eigenvalue weighted by atomic mass is 32.2. The van der Waals surface area contributed by atoms with E-state index in [0.29, 0.717) is 28.2 Å². The molecule has 0 fully saturated rings. The van der Waals surface area contributed by atoms with Crippen molar-refractivity contribution < 1.29 is 22.7 Å². The Labute approximate surface area is 195 Å². The first-order valence-electron chi connectivity index (χ1n) is 10.1. The molecule has 0 atom stereocenters. The number of aromatic nitrogens is 2. The molecule has 11 heteroatoms. The van der Waals surface area contributed by atoms with Crippen molar-refractivity contribution in [1.82, 2.24) is 9.97 Å². The maximum absolute atomic E-state index is 13.3. The highest BCUT2D eigenvalue weighted by Gasteiger charge is 2.22. The van der Waals surface area contributed by atoms with Gasteiger partial charge in [-0.3, -0.25) is 9.52 Å². The van der Waals surface area contributed by atoms with Crippen LogP contribution in [0.25, 0.3) is 11.0 Å². The van der Waals surface area contributed by atoms with Gasteiger partial charge < -0.3 is 24.3 Å². The van der Waals surface area contributed by atoms with Crippen molar-refractivity contribution in [2.24, 2.45) is 0 Å². The minimum atomic E-state index is -4.05. The highest BCUT2D eigenvalue weighted by Crippen LogP contribution is 2.32. The zero-order valence-corrected chi connectivity index (χ0v) is 19.4. The van der Waals surface area contributed by atoms with E-state index in [-0.39, 0.29) is 16.1 Å². The summed E-state index contributed by atoms with van der Waals surface area (Å²) in [6.45, 7) is 0.